The number of amides is 2. The number of benzene rings is 1. The third-order valence-corrected chi connectivity index (χ3v) is 6.47. The first-order valence-corrected chi connectivity index (χ1v) is 11.2. The van der Waals surface area contributed by atoms with E-state index in [9.17, 15) is 18.0 Å². The summed E-state index contributed by atoms with van der Waals surface area (Å²) in [6.45, 7) is 5.40. The Bertz CT molecular complexity index is 1120. The van der Waals surface area contributed by atoms with Gasteiger partial charge >= 0.3 is 12.2 Å². The second-order valence-electron chi connectivity index (χ2n) is 8.07. The standard InChI is InChI=1S/C22H24F3N5OS/c1-13-7-9-30(10-8-13)20-15(3-6-19(29-20)22(23,24)25)12-26-21(31)28-16-4-5-18-17(11-16)27-14(2)32-18/h3-6,11,13H,7-10,12H2,1-2H3,(H2,26,28,31). The lowest BCUT2D eigenvalue weighted by Crippen LogP contribution is -2.35. The Morgan fingerprint density at radius 2 is 1.94 bits per heavy atom. The van der Waals surface area contributed by atoms with Crippen LogP contribution in [0.4, 0.5) is 29.5 Å². The number of urea groups is 1. The fourth-order valence-electron chi connectivity index (χ4n) is 3.74. The highest BCUT2D eigenvalue weighted by atomic mass is 32.1. The van der Waals surface area contributed by atoms with Crippen LogP contribution in [0.15, 0.2) is 30.3 Å². The molecule has 170 valence electrons. The SMILES string of the molecule is Cc1nc2cc(NC(=O)NCc3ccc(C(F)(F)F)nc3N3CCC(C)CC3)ccc2s1. The number of fused-ring (bicyclic) bond motifs is 1. The van der Waals surface area contributed by atoms with Crippen molar-refractivity contribution in [1.82, 2.24) is 15.3 Å². The van der Waals surface area contributed by atoms with Crippen molar-refractivity contribution in [1.29, 1.82) is 0 Å². The molecule has 32 heavy (non-hydrogen) atoms. The second kappa shape index (κ2) is 8.93. The van der Waals surface area contributed by atoms with Crippen molar-refractivity contribution < 1.29 is 18.0 Å². The minimum absolute atomic E-state index is 0.0659. The number of carbonyl (C=O) groups is 1. The van der Waals surface area contributed by atoms with E-state index in [4.69, 9.17) is 0 Å². The zero-order valence-corrected chi connectivity index (χ0v) is 18.6. The van der Waals surface area contributed by atoms with Crippen molar-refractivity contribution in [3.63, 3.8) is 0 Å². The molecule has 0 aliphatic carbocycles. The van der Waals surface area contributed by atoms with Crippen LogP contribution in [-0.4, -0.2) is 29.1 Å². The second-order valence-corrected chi connectivity index (χ2v) is 9.30. The number of rotatable bonds is 4. The molecule has 0 saturated carbocycles. The number of carbonyl (C=O) groups excluding carboxylic acids is 1. The van der Waals surface area contributed by atoms with Gasteiger partial charge in [0.05, 0.1) is 15.2 Å². The van der Waals surface area contributed by atoms with Gasteiger partial charge in [-0.2, -0.15) is 13.2 Å². The van der Waals surface area contributed by atoms with E-state index in [-0.39, 0.29) is 12.4 Å². The molecular weight excluding hydrogens is 439 g/mol. The lowest BCUT2D eigenvalue weighted by Gasteiger charge is -2.33. The Labute approximate surface area is 187 Å². The number of halogens is 3. The van der Waals surface area contributed by atoms with Crippen LogP contribution in [-0.2, 0) is 12.7 Å². The minimum atomic E-state index is -4.52. The Balaban J connectivity index is 1.47. The summed E-state index contributed by atoms with van der Waals surface area (Å²) >= 11 is 1.57. The number of thiazole rings is 1. The van der Waals surface area contributed by atoms with Crippen molar-refractivity contribution in [2.24, 2.45) is 5.92 Å². The summed E-state index contributed by atoms with van der Waals surface area (Å²) in [5, 5.41) is 6.43. The maximum Gasteiger partial charge on any atom is 0.433 e. The molecule has 1 saturated heterocycles. The molecule has 0 radical (unpaired) electrons. The summed E-state index contributed by atoms with van der Waals surface area (Å²) in [6.07, 6.45) is -2.73. The molecular formula is C22H24F3N5OS. The fourth-order valence-corrected chi connectivity index (χ4v) is 4.55. The molecule has 0 atom stereocenters. The predicted octanol–water partition coefficient (Wildman–Crippen LogP) is 5.58. The van der Waals surface area contributed by atoms with Crippen LogP contribution in [0, 0.1) is 12.8 Å². The van der Waals surface area contributed by atoms with Crippen LogP contribution < -0.4 is 15.5 Å². The molecule has 3 heterocycles. The number of nitrogens with one attached hydrogen (secondary N) is 2. The van der Waals surface area contributed by atoms with E-state index in [1.54, 1.807) is 23.5 Å². The lowest BCUT2D eigenvalue weighted by molar-refractivity contribution is -0.141. The molecule has 4 rings (SSSR count). The quantitative estimate of drug-likeness (QED) is 0.530. The Morgan fingerprint density at radius 1 is 1.19 bits per heavy atom. The van der Waals surface area contributed by atoms with Crippen LogP contribution in [0.2, 0.25) is 0 Å². The third kappa shape index (κ3) is 5.12. The molecule has 0 bridgehead atoms. The normalized spacial score (nSPS) is 15.2. The van der Waals surface area contributed by atoms with Gasteiger partial charge in [0.15, 0.2) is 0 Å². The van der Waals surface area contributed by atoms with E-state index in [0.29, 0.717) is 30.3 Å². The number of hydrogen-bond donors (Lipinski definition) is 2. The van der Waals surface area contributed by atoms with E-state index in [2.05, 4.69) is 27.5 Å². The van der Waals surface area contributed by atoms with Gasteiger partial charge in [-0.1, -0.05) is 13.0 Å². The number of alkyl halides is 3. The summed E-state index contributed by atoms with van der Waals surface area (Å²) in [7, 11) is 0. The first-order valence-electron chi connectivity index (χ1n) is 10.4. The first-order chi connectivity index (χ1) is 15.2. The summed E-state index contributed by atoms with van der Waals surface area (Å²) in [5.41, 5.74) is 1.02. The van der Waals surface area contributed by atoms with Gasteiger partial charge < -0.3 is 15.5 Å². The molecule has 6 nitrogen and oxygen atoms in total. The summed E-state index contributed by atoms with van der Waals surface area (Å²) in [6, 6.07) is 7.38. The largest absolute Gasteiger partial charge is 0.433 e. The maximum absolute atomic E-state index is 13.2. The number of aromatic nitrogens is 2. The van der Waals surface area contributed by atoms with Gasteiger partial charge in [0.1, 0.15) is 11.5 Å². The maximum atomic E-state index is 13.2. The monoisotopic (exact) mass is 463 g/mol. The Morgan fingerprint density at radius 3 is 2.66 bits per heavy atom. The van der Waals surface area contributed by atoms with Crippen LogP contribution in [0.3, 0.4) is 0 Å². The summed E-state index contributed by atoms with van der Waals surface area (Å²) < 4.78 is 40.7. The Hall–Kier alpha value is -2.88. The molecule has 2 N–H and O–H groups in total. The number of aryl methyl sites for hydroxylation is 1. The van der Waals surface area contributed by atoms with E-state index in [0.717, 1.165) is 34.1 Å². The Kier molecular flexibility index (Phi) is 6.23. The molecule has 0 unspecified atom stereocenters. The van der Waals surface area contributed by atoms with Crippen molar-refractivity contribution >= 4 is 39.1 Å². The van der Waals surface area contributed by atoms with E-state index in [1.165, 1.54) is 6.07 Å². The van der Waals surface area contributed by atoms with E-state index < -0.39 is 17.9 Å². The van der Waals surface area contributed by atoms with Gasteiger partial charge in [-0.05, 0) is 49.9 Å². The molecule has 0 spiro atoms. The van der Waals surface area contributed by atoms with Gasteiger partial charge in [0.25, 0.3) is 0 Å². The highest BCUT2D eigenvalue weighted by Crippen LogP contribution is 2.32. The number of hydrogen-bond acceptors (Lipinski definition) is 5. The smallest absolute Gasteiger partial charge is 0.356 e. The number of piperidine rings is 1. The average molecular weight is 464 g/mol. The summed E-state index contributed by atoms with van der Waals surface area (Å²) in [5.74, 6) is 0.814. The molecule has 1 aliphatic rings. The topological polar surface area (TPSA) is 70.1 Å². The molecule has 1 fully saturated rings. The van der Waals surface area contributed by atoms with Crippen molar-refractivity contribution in [3.05, 3.63) is 46.6 Å². The molecule has 10 heteroatoms. The average Bonchev–Trinajstić information content (AvgIpc) is 3.11. The summed E-state index contributed by atoms with van der Waals surface area (Å²) in [4.78, 5) is 22.6. The van der Waals surface area contributed by atoms with Gasteiger partial charge in [0.2, 0.25) is 0 Å². The molecule has 1 aliphatic heterocycles. The molecule has 2 aromatic heterocycles. The predicted molar refractivity (Wildman–Crippen MR) is 120 cm³/mol. The fraction of sp³-hybridized carbons (Fsp3) is 0.409. The number of pyridine rings is 1. The lowest BCUT2D eigenvalue weighted by atomic mass is 9.99. The van der Waals surface area contributed by atoms with Gasteiger partial charge in [0, 0.05) is 30.9 Å². The van der Waals surface area contributed by atoms with E-state index in [1.807, 2.05) is 17.9 Å². The van der Waals surface area contributed by atoms with Crippen molar-refractivity contribution in [2.75, 3.05) is 23.3 Å². The van der Waals surface area contributed by atoms with Crippen molar-refractivity contribution in [2.45, 2.75) is 39.4 Å². The van der Waals surface area contributed by atoms with Crippen LogP contribution in [0.1, 0.15) is 36.0 Å². The van der Waals surface area contributed by atoms with Crippen LogP contribution >= 0.6 is 11.3 Å². The van der Waals surface area contributed by atoms with Crippen molar-refractivity contribution in [3.8, 4) is 0 Å². The highest BCUT2D eigenvalue weighted by Gasteiger charge is 2.34. The molecule has 2 amide bonds. The molecule has 3 aromatic rings. The first kappa shape index (κ1) is 22.3. The molecule has 1 aromatic carbocycles. The van der Waals surface area contributed by atoms with Crippen LogP contribution in [0.25, 0.3) is 10.2 Å². The number of anilines is 2. The zero-order valence-electron chi connectivity index (χ0n) is 17.8. The zero-order chi connectivity index (χ0) is 22.9. The highest BCUT2D eigenvalue weighted by molar-refractivity contribution is 7.18. The van der Waals surface area contributed by atoms with Crippen LogP contribution in [0.5, 0.6) is 0 Å². The van der Waals surface area contributed by atoms with Gasteiger partial charge in [-0.25, -0.2) is 14.8 Å². The van der Waals surface area contributed by atoms with E-state index >= 15 is 0 Å². The van der Waals surface area contributed by atoms with Gasteiger partial charge in [-0.15, -0.1) is 11.3 Å². The van der Waals surface area contributed by atoms with Gasteiger partial charge in [-0.3, -0.25) is 0 Å². The number of nitrogens with zero attached hydrogens (tertiary/aromatic N) is 3. The third-order valence-electron chi connectivity index (χ3n) is 5.52. The minimum Gasteiger partial charge on any atom is -0.356 e.